The number of rotatable bonds is 6. The number of nitrogens with zero attached hydrogens (tertiary/aromatic N) is 2. The molecule has 4 rings (SSSR count). The van der Waals surface area contributed by atoms with Crippen molar-refractivity contribution in [3.05, 3.63) is 101 Å². The molecular formula is C25H25F2N3O. The Kier molecular flexibility index (Phi) is 6.67. The Hall–Kier alpha value is -3.12. The molecule has 160 valence electrons. The molecular weight excluding hydrogens is 396 g/mol. The molecule has 1 amide bonds. The highest BCUT2D eigenvalue weighted by Gasteiger charge is 2.30. The molecule has 0 unspecified atom stereocenters. The number of likely N-dealkylation sites (tertiary alicyclic amines) is 1. The number of aromatic nitrogens is 1. The molecule has 0 aliphatic carbocycles. The Balaban J connectivity index is 1.52. The first kappa shape index (κ1) is 21.1. The summed E-state index contributed by atoms with van der Waals surface area (Å²) in [5, 5.41) is 3.09. The van der Waals surface area contributed by atoms with Crippen molar-refractivity contribution in [3.8, 4) is 0 Å². The van der Waals surface area contributed by atoms with Gasteiger partial charge in [0.1, 0.15) is 11.6 Å². The van der Waals surface area contributed by atoms with Crippen molar-refractivity contribution in [2.45, 2.75) is 25.4 Å². The van der Waals surface area contributed by atoms with Gasteiger partial charge in [-0.25, -0.2) is 8.78 Å². The van der Waals surface area contributed by atoms with Gasteiger partial charge in [-0.1, -0.05) is 24.3 Å². The average Bonchev–Trinajstić information content (AvgIpc) is 2.78. The van der Waals surface area contributed by atoms with E-state index in [0.29, 0.717) is 6.54 Å². The predicted molar refractivity (Wildman–Crippen MR) is 115 cm³/mol. The minimum atomic E-state index is -0.444. The molecule has 0 saturated carbocycles. The predicted octanol–water partition coefficient (Wildman–Crippen LogP) is 4.74. The van der Waals surface area contributed by atoms with Crippen molar-refractivity contribution in [3.63, 3.8) is 0 Å². The molecule has 2 aromatic carbocycles. The molecule has 1 aliphatic rings. The van der Waals surface area contributed by atoms with E-state index in [2.05, 4.69) is 15.2 Å². The molecule has 1 fully saturated rings. The Labute approximate surface area is 180 Å². The van der Waals surface area contributed by atoms with E-state index < -0.39 is 5.82 Å². The van der Waals surface area contributed by atoms with Crippen molar-refractivity contribution < 1.29 is 13.6 Å². The van der Waals surface area contributed by atoms with Gasteiger partial charge in [-0.15, -0.1) is 0 Å². The van der Waals surface area contributed by atoms with Crippen LogP contribution < -0.4 is 5.32 Å². The van der Waals surface area contributed by atoms with E-state index >= 15 is 0 Å². The third-order valence-electron chi connectivity index (χ3n) is 5.69. The molecule has 1 saturated heterocycles. The Morgan fingerprint density at radius 3 is 2.61 bits per heavy atom. The van der Waals surface area contributed by atoms with Gasteiger partial charge < -0.3 is 5.32 Å². The molecule has 2 heterocycles. The van der Waals surface area contributed by atoms with Crippen LogP contribution in [-0.4, -0.2) is 28.9 Å². The summed E-state index contributed by atoms with van der Waals surface area (Å²) in [6.07, 6.45) is 3.62. The zero-order valence-electron chi connectivity index (χ0n) is 17.2. The lowest BCUT2D eigenvalue weighted by atomic mass is 9.88. The van der Waals surface area contributed by atoms with Crippen LogP contribution in [0, 0.1) is 17.6 Å². The van der Waals surface area contributed by atoms with Gasteiger partial charge >= 0.3 is 0 Å². The van der Waals surface area contributed by atoms with Gasteiger partial charge in [0.2, 0.25) is 0 Å². The second-order valence-corrected chi connectivity index (χ2v) is 7.98. The number of nitrogens with one attached hydrogen (secondary N) is 1. The zero-order valence-corrected chi connectivity index (χ0v) is 17.2. The first-order valence-electron chi connectivity index (χ1n) is 10.5. The van der Waals surface area contributed by atoms with Crippen LogP contribution in [0.25, 0.3) is 0 Å². The summed E-state index contributed by atoms with van der Waals surface area (Å²) < 4.78 is 27.2. The van der Waals surface area contributed by atoms with Crippen LogP contribution in [0.4, 0.5) is 8.78 Å². The number of piperidine rings is 1. The van der Waals surface area contributed by atoms with E-state index in [1.165, 1.54) is 24.3 Å². The van der Waals surface area contributed by atoms with Crippen LogP contribution in [0.1, 0.15) is 40.5 Å². The third-order valence-corrected chi connectivity index (χ3v) is 5.69. The van der Waals surface area contributed by atoms with Crippen molar-refractivity contribution >= 4 is 5.91 Å². The number of hydrogen-bond donors (Lipinski definition) is 1. The fourth-order valence-corrected chi connectivity index (χ4v) is 4.25. The molecule has 0 spiro atoms. The maximum atomic E-state index is 13.6. The molecule has 1 aromatic heterocycles. The minimum absolute atomic E-state index is 0.134. The van der Waals surface area contributed by atoms with Crippen LogP contribution in [0.15, 0.2) is 72.9 Å². The maximum absolute atomic E-state index is 13.6. The average molecular weight is 421 g/mol. The summed E-state index contributed by atoms with van der Waals surface area (Å²) in [4.78, 5) is 19.6. The fraction of sp³-hybridized carbons (Fsp3) is 0.280. The second kappa shape index (κ2) is 9.79. The molecule has 3 aromatic rings. The zero-order chi connectivity index (χ0) is 21.6. The van der Waals surface area contributed by atoms with Crippen LogP contribution >= 0.6 is 0 Å². The first-order valence-corrected chi connectivity index (χ1v) is 10.5. The van der Waals surface area contributed by atoms with E-state index in [9.17, 15) is 13.6 Å². The lowest BCUT2D eigenvalue weighted by molar-refractivity contribution is 0.0874. The lowest BCUT2D eigenvalue weighted by Gasteiger charge is -2.37. The molecule has 0 radical (unpaired) electrons. The standard InChI is InChI=1S/C25H25F2N3O/c26-21-9-3-6-18(14-21)16-30-13-5-8-20(17-30)24(23-11-1-2-12-28-23)29-25(31)19-7-4-10-22(27)15-19/h1-4,6-7,9-12,14-15,20,24H,5,8,13,16-17H2,(H,29,31)/t20-,24-/m0/s1. The summed E-state index contributed by atoms with van der Waals surface area (Å²) >= 11 is 0. The van der Waals surface area contributed by atoms with E-state index in [1.807, 2.05) is 24.3 Å². The van der Waals surface area contributed by atoms with Crippen LogP contribution in [0.2, 0.25) is 0 Å². The molecule has 6 heteroatoms. The van der Waals surface area contributed by atoms with Gasteiger partial charge in [-0.3, -0.25) is 14.7 Å². The summed E-state index contributed by atoms with van der Waals surface area (Å²) in [5.74, 6) is -0.868. The lowest BCUT2D eigenvalue weighted by Crippen LogP contribution is -2.43. The maximum Gasteiger partial charge on any atom is 0.251 e. The number of benzene rings is 2. The molecule has 2 atom stereocenters. The van der Waals surface area contributed by atoms with Gasteiger partial charge in [-0.05, 0) is 73.3 Å². The van der Waals surface area contributed by atoms with Crippen molar-refractivity contribution in [2.24, 2.45) is 5.92 Å². The summed E-state index contributed by atoms with van der Waals surface area (Å²) in [6, 6.07) is 17.7. The summed E-state index contributed by atoms with van der Waals surface area (Å²) in [6.45, 7) is 2.32. The highest BCUT2D eigenvalue weighted by Crippen LogP contribution is 2.30. The van der Waals surface area contributed by atoms with Gasteiger partial charge in [0.05, 0.1) is 11.7 Å². The van der Waals surface area contributed by atoms with E-state index in [1.54, 1.807) is 24.4 Å². The van der Waals surface area contributed by atoms with E-state index in [4.69, 9.17) is 0 Å². The molecule has 4 nitrogen and oxygen atoms in total. The molecule has 1 aliphatic heterocycles. The molecule has 0 bridgehead atoms. The van der Waals surface area contributed by atoms with Crippen LogP contribution in [-0.2, 0) is 6.54 Å². The first-order chi connectivity index (χ1) is 15.1. The fourth-order valence-electron chi connectivity index (χ4n) is 4.25. The number of pyridine rings is 1. The van der Waals surface area contributed by atoms with Crippen molar-refractivity contribution in [1.82, 2.24) is 15.2 Å². The topological polar surface area (TPSA) is 45.2 Å². The quantitative estimate of drug-likeness (QED) is 0.625. The van der Waals surface area contributed by atoms with Crippen molar-refractivity contribution in [2.75, 3.05) is 13.1 Å². The molecule has 31 heavy (non-hydrogen) atoms. The summed E-state index contributed by atoms with van der Waals surface area (Å²) in [7, 11) is 0. The van der Waals surface area contributed by atoms with Gasteiger partial charge in [-0.2, -0.15) is 0 Å². The SMILES string of the molecule is O=C(N[C@H](c1ccccn1)[C@H]1CCCN(Cc2cccc(F)c2)C1)c1cccc(F)c1. The Morgan fingerprint density at radius 1 is 1.06 bits per heavy atom. The monoisotopic (exact) mass is 421 g/mol. The van der Waals surface area contributed by atoms with Gasteiger partial charge in [0.25, 0.3) is 5.91 Å². The number of carbonyl (C=O) groups is 1. The smallest absolute Gasteiger partial charge is 0.251 e. The largest absolute Gasteiger partial charge is 0.343 e. The minimum Gasteiger partial charge on any atom is -0.343 e. The van der Waals surface area contributed by atoms with Crippen LogP contribution in [0.3, 0.4) is 0 Å². The number of halogens is 2. The Morgan fingerprint density at radius 2 is 1.87 bits per heavy atom. The van der Waals surface area contributed by atoms with E-state index in [0.717, 1.165) is 37.2 Å². The second-order valence-electron chi connectivity index (χ2n) is 7.98. The van der Waals surface area contributed by atoms with Gasteiger partial charge in [0.15, 0.2) is 0 Å². The number of hydrogen-bond acceptors (Lipinski definition) is 3. The number of carbonyl (C=O) groups excluding carboxylic acids is 1. The van der Waals surface area contributed by atoms with Crippen molar-refractivity contribution in [1.29, 1.82) is 0 Å². The van der Waals surface area contributed by atoms with Gasteiger partial charge in [0, 0.05) is 24.8 Å². The summed E-state index contributed by atoms with van der Waals surface area (Å²) in [5.41, 5.74) is 2.00. The number of amides is 1. The highest BCUT2D eigenvalue weighted by atomic mass is 19.1. The molecule has 1 N–H and O–H groups in total. The Bertz CT molecular complexity index is 1030. The van der Waals surface area contributed by atoms with E-state index in [-0.39, 0.29) is 29.2 Å². The third kappa shape index (κ3) is 5.52. The normalized spacial score (nSPS) is 17.8. The van der Waals surface area contributed by atoms with Crippen LogP contribution in [0.5, 0.6) is 0 Å². The highest BCUT2D eigenvalue weighted by molar-refractivity contribution is 5.94.